The Hall–Kier alpha value is -5.64. The molecular formula is C36H28F2N4O4. The van der Waals surface area contributed by atoms with Gasteiger partial charge in [0.1, 0.15) is 22.7 Å². The molecule has 0 unspecified atom stereocenters. The van der Waals surface area contributed by atoms with E-state index in [1.165, 1.54) is 17.2 Å². The number of carbonyl (C=O) groups is 2. The van der Waals surface area contributed by atoms with E-state index in [1.807, 2.05) is 54.6 Å². The molecule has 46 heavy (non-hydrogen) atoms. The van der Waals surface area contributed by atoms with E-state index in [1.54, 1.807) is 36.7 Å². The van der Waals surface area contributed by atoms with E-state index in [9.17, 15) is 18.4 Å². The third kappa shape index (κ3) is 6.14. The van der Waals surface area contributed by atoms with Crippen LogP contribution in [0.4, 0.5) is 8.78 Å². The average molecular weight is 619 g/mol. The van der Waals surface area contributed by atoms with E-state index >= 15 is 0 Å². The molecule has 5 heterocycles. The molecule has 1 N–H and O–H groups in total. The van der Waals surface area contributed by atoms with Crippen LogP contribution in [0.15, 0.2) is 106 Å². The highest BCUT2D eigenvalue weighted by Crippen LogP contribution is 2.38. The van der Waals surface area contributed by atoms with Crippen molar-refractivity contribution in [1.29, 1.82) is 0 Å². The predicted octanol–water partition coefficient (Wildman–Crippen LogP) is 7.50. The number of para-hydroxylation sites is 1. The van der Waals surface area contributed by atoms with Gasteiger partial charge in [-0.15, -0.1) is 0 Å². The van der Waals surface area contributed by atoms with E-state index in [2.05, 4.69) is 15.3 Å². The first-order chi connectivity index (χ1) is 22.3. The van der Waals surface area contributed by atoms with Gasteiger partial charge < -0.3 is 19.1 Å². The number of pyridine rings is 2. The average Bonchev–Trinajstić information content (AvgIpc) is 3.70. The molecule has 0 atom stereocenters. The molecule has 4 aromatic heterocycles. The van der Waals surface area contributed by atoms with Crippen LogP contribution >= 0.6 is 0 Å². The molecule has 1 fully saturated rings. The highest BCUT2D eigenvalue weighted by molar-refractivity contribution is 5.98. The lowest BCUT2D eigenvalue weighted by molar-refractivity contribution is -0.116. The van der Waals surface area contributed by atoms with Crippen molar-refractivity contribution >= 4 is 39.8 Å². The van der Waals surface area contributed by atoms with Gasteiger partial charge in [0.15, 0.2) is 0 Å². The van der Waals surface area contributed by atoms with E-state index in [0.29, 0.717) is 33.9 Å². The van der Waals surface area contributed by atoms with Crippen molar-refractivity contribution in [1.82, 2.24) is 20.2 Å². The Morgan fingerprint density at radius 2 is 1.78 bits per heavy atom. The zero-order chi connectivity index (χ0) is 31.7. The number of rotatable bonds is 7. The molecule has 0 aliphatic carbocycles. The number of alkyl halides is 2. The molecule has 0 radical (unpaired) electrons. The molecule has 1 aliphatic rings. The van der Waals surface area contributed by atoms with Crippen LogP contribution in [0.25, 0.3) is 50.6 Å². The molecule has 1 saturated heterocycles. The highest BCUT2D eigenvalue weighted by atomic mass is 19.3. The Bertz CT molecular complexity index is 2040. The standard InChI is InChI=1S/C36H28F2N4O4/c37-36(38)11-14-42(15-12-36)35(44)25-8-9-30(40-21-25)26-16-27-17-28(22-41-33(43)10-7-23-4-3-13-39-20-23)45-34(27)29(18-26)32-19-24-5-1-2-6-31(24)46-32/h1-10,13,16-21H,11-12,14-15,22H2,(H,41,43)/b10-7+. The van der Waals surface area contributed by atoms with Crippen LogP contribution in [0.1, 0.15) is 34.5 Å². The van der Waals surface area contributed by atoms with Gasteiger partial charge >= 0.3 is 0 Å². The molecule has 0 spiro atoms. The second kappa shape index (κ2) is 12.0. The topological polar surface area (TPSA) is 101 Å². The fraction of sp³-hybridized carbons (Fsp3) is 0.167. The van der Waals surface area contributed by atoms with E-state index in [-0.39, 0.29) is 44.3 Å². The van der Waals surface area contributed by atoms with Gasteiger partial charge in [-0.1, -0.05) is 24.3 Å². The second-order valence-corrected chi connectivity index (χ2v) is 11.2. The number of amides is 2. The van der Waals surface area contributed by atoms with Crippen molar-refractivity contribution in [3.63, 3.8) is 0 Å². The van der Waals surface area contributed by atoms with Gasteiger partial charge in [-0.25, -0.2) is 8.78 Å². The summed E-state index contributed by atoms with van der Waals surface area (Å²) in [6.45, 7) is 0.182. The predicted molar refractivity (Wildman–Crippen MR) is 170 cm³/mol. The first kappa shape index (κ1) is 29.1. The summed E-state index contributed by atoms with van der Waals surface area (Å²) >= 11 is 0. The maximum Gasteiger partial charge on any atom is 0.255 e. The van der Waals surface area contributed by atoms with E-state index in [4.69, 9.17) is 8.83 Å². The minimum Gasteiger partial charge on any atom is -0.458 e. The monoisotopic (exact) mass is 618 g/mol. The number of halogens is 2. The number of nitrogens with zero attached hydrogens (tertiary/aromatic N) is 3. The summed E-state index contributed by atoms with van der Waals surface area (Å²) in [6, 6.07) is 22.4. The summed E-state index contributed by atoms with van der Waals surface area (Å²) in [4.78, 5) is 35.5. The van der Waals surface area contributed by atoms with Crippen molar-refractivity contribution in [2.24, 2.45) is 0 Å². The van der Waals surface area contributed by atoms with Gasteiger partial charge in [0.2, 0.25) is 5.91 Å². The number of furan rings is 2. The summed E-state index contributed by atoms with van der Waals surface area (Å²) in [5.74, 6) is -2.17. The Kier molecular flexibility index (Phi) is 7.61. The highest BCUT2D eigenvalue weighted by Gasteiger charge is 2.35. The van der Waals surface area contributed by atoms with Crippen LogP contribution in [-0.2, 0) is 11.3 Å². The fourth-order valence-corrected chi connectivity index (χ4v) is 5.53. The number of carbonyl (C=O) groups excluding carboxylic acids is 2. The number of aromatic nitrogens is 2. The lowest BCUT2D eigenvalue weighted by atomic mass is 10.0. The van der Waals surface area contributed by atoms with Crippen molar-refractivity contribution in [3.8, 4) is 22.6 Å². The molecule has 0 bridgehead atoms. The fourth-order valence-electron chi connectivity index (χ4n) is 5.53. The number of hydrogen-bond acceptors (Lipinski definition) is 6. The van der Waals surface area contributed by atoms with Crippen LogP contribution in [0, 0.1) is 0 Å². The molecular weight excluding hydrogens is 590 g/mol. The van der Waals surface area contributed by atoms with Gasteiger partial charge in [0, 0.05) is 66.9 Å². The largest absolute Gasteiger partial charge is 0.458 e. The summed E-state index contributed by atoms with van der Waals surface area (Å²) in [5.41, 5.74) is 4.54. The van der Waals surface area contributed by atoms with E-state index in [0.717, 1.165) is 27.5 Å². The minimum atomic E-state index is -2.73. The van der Waals surface area contributed by atoms with Gasteiger partial charge in [-0.05, 0) is 60.2 Å². The minimum absolute atomic E-state index is 0.00911. The van der Waals surface area contributed by atoms with Crippen LogP contribution in [0.3, 0.4) is 0 Å². The van der Waals surface area contributed by atoms with Gasteiger partial charge in [0.25, 0.3) is 11.8 Å². The number of likely N-dealkylation sites (tertiary alicyclic amines) is 1. The first-order valence-electron chi connectivity index (χ1n) is 14.9. The summed E-state index contributed by atoms with van der Waals surface area (Å²) in [6.07, 6.45) is 7.26. The maximum absolute atomic E-state index is 13.6. The van der Waals surface area contributed by atoms with Gasteiger partial charge in [-0.3, -0.25) is 19.6 Å². The van der Waals surface area contributed by atoms with E-state index < -0.39 is 5.92 Å². The Morgan fingerprint density at radius 1 is 0.935 bits per heavy atom. The molecule has 0 saturated carbocycles. The summed E-state index contributed by atoms with van der Waals surface area (Å²) in [7, 11) is 0. The Balaban J connectivity index is 1.18. The zero-order valence-electron chi connectivity index (χ0n) is 24.6. The number of fused-ring (bicyclic) bond motifs is 2. The summed E-state index contributed by atoms with van der Waals surface area (Å²) < 4.78 is 39.6. The molecule has 230 valence electrons. The third-order valence-electron chi connectivity index (χ3n) is 8.00. The Morgan fingerprint density at radius 3 is 2.54 bits per heavy atom. The third-order valence-corrected chi connectivity index (χ3v) is 8.00. The molecule has 10 heteroatoms. The van der Waals surface area contributed by atoms with Crippen LogP contribution in [0.2, 0.25) is 0 Å². The lowest BCUT2D eigenvalue weighted by Gasteiger charge is -2.31. The molecule has 2 amide bonds. The second-order valence-electron chi connectivity index (χ2n) is 11.2. The first-order valence-corrected chi connectivity index (χ1v) is 14.9. The SMILES string of the molecule is O=C(/C=C/c1cccnc1)NCc1cc2cc(-c3ccc(C(=O)N4CCC(F)(F)CC4)cn3)cc(-c3cc4ccccc4o3)c2o1. The van der Waals surface area contributed by atoms with Gasteiger partial charge in [-0.2, -0.15) is 0 Å². The van der Waals surface area contributed by atoms with Crippen molar-refractivity contribution in [3.05, 3.63) is 114 Å². The number of piperidine rings is 1. The lowest BCUT2D eigenvalue weighted by Crippen LogP contribution is -2.42. The van der Waals surface area contributed by atoms with Crippen LogP contribution in [0.5, 0.6) is 0 Å². The van der Waals surface area contributed by atoms with Crippen LogP contribution in [-0.4, -0.2) is 45.7 Å². The summed E-state index contributed by atoms with van der Waals surface area (Å²) in [5, 5.41) is 4.57. The molecule has 1 aliphatic heterocycles. The molecule has 2 aromatic carbocycles. The number of nitrogens with one attached hydrogen (secondary N) is 1. The van der Waals surface area contributed by atoms with Crippen LogP contribution < -0.4 is 5.32 Å². The van der Waals surface area contributed by atoms with Crippen molar-refractivity contribution < 1.29 is 27.2 Å². The van der Waals surface area contributed by atoms with Gasteiger partial charge in [0.05, 0.1) is 23.4 Å². The maximum atomic E-state index is 13.6. The van der Waals surface area contributed by atoms with Crippen molar-refractivity contribution in [2.45, 2.75) is 25.3 Å². The number of benzene rings is 2. The zero-order valence-corrected chi connectivity index (χ0v) is 24.6. The van der Waals surface area contributed by atoms with Crippen molar-refractivity contribution in [2.75, 3.05) is 13.1 Å². The molecule has 8 nitrogen and oxygen atoms in total. The smallest absolute Gasteiger partial charge is 0.255 e. The number of hydrogen-bond donors (Lipinski definition) is 1. The normalized spacial score (nSPS) is 14.7. The quantitative estimate of drug-likeness (QED) is 0.186. The molecule has 7 rings (SSSR count). The Labute approximate surface area is 262 Å². The molecule has 6 aromatic rings.